The average molecular weight is 543 g/mol. The number of carbonyl (C=O) groups is 4. The topological polar surface area (TPSA) is 248 Å². The predicted molar refractivity (Wildman–Crippen MR) is 135 cm³/mol. The maximum absolute atomic E-state index is 13.3. The molecule has 0 aliphatic heterocycles. The minimum atomic E-state index is -1.33. The summed E-state index contributed by atoms with van der Waals surface area (Å²) in [6.45, 7) is -0.650. The number of nitrogens with zero attached hydrogens (tertiary/aromatic N) is 2. The summed E-state index contributed by atoms with van der Waals surface area (Å²) in [7, 11) is 0. The Labute approximate surface area is 222 Å². The minimum Gasteiger partial charge on any atom is -0.508 e. The van der Waals surface area contributed by atoms with E-state index in [0.29, 0.717) is 17.0 Å². The average Bonchev–Trinajstić information content (AvgIpc) is 3.62. The first-order chi connectivity index (χ1) is 18.7. The second-order valence-corrected chi connectivity index (χ2v) is 8.74. The third-order valence-electron chi connectivity index (χ3n) is 5.75. The number of aromatic nitrogens is 4. The maximum Gasteiger partial charge on any atom is 0.326 e. The van der Waals surface area contributed by atoms with Crippen LogP contribution in [0, 0.1) is 0 Å². The van der Waals surface area contributed by atoms with Crippen LogP contribution in [-0.2, 0) is 38.4 Å². The van der Waals surface area contributed by atoms with E-state index in [-0.39, 0.29) is 25.0 Å². The van der Waals surface area contributed by atoms with E-state index in [0.717, 1.165) is 0 Å². The van der Waals surface area contributed by atoms with E-state index in [1.54, 1.807) is 12.1 Å². The molecule has 10 N–H and O–H groups in total. The number of imidazole rings is 2. The van der Waals surface area contributed by atoms with Crippen molar-refractivity contribution in [2.45, 2.75) is 43.4 Å². The van der Waals surface area contributed by atoms with E-state index >= 15 is 0 Å². The Morgan fingerprint density at radius 1 is 0.795 bits per heavy atom. The first kappa shape index (κ1) is 28.8. The zero-order chi connectivity index (χ0) is 28.4. The van der Waals surface area contributed by atoms with Crippen molar-refractivity contribution in [2.24, 2.45) is 5.73 Å². The van der Waals surface area contributed by atoms with Gasteiger partial charge in [-0.3, -0.25) is 14.4 Å². The number of rotatable bonds is 14. The number of aromatic amines is 2. The first-order valence-electron chi connectivity index (χ1n) is 11.9. The molecule has 2 heterocycles. The number of amides is 3. The van der Waals surface area contributed by atoms with Crippen LogP contribution in [0.4, 0.5) is 0 Å². The largest absolute Gasteiger partial charge is 0.508 e. The number of phenolic OH excluding ortho intramolecular Hbond substituents is 1. The Morgan fingerprint density at radius 3 is 1.77 bits per heavy atom. The molecule has 3 aromatic rings. The van der Waals surface area contributed by atoms with Gasteiger partial charge in [0.25, 0.3) is 0 Å². The van der Waals surface area contributed by atoms with Crippen molar-refractivity contribution in [1.82, 2.24) is 35.9 Å². The van der Waals surface area contributed by atoms with Gasteiger partial charge in [0.1, 0.15) is 29.9 Å². The van der Waals surface area contributed by atoms with Gasteiger partial charge in [-0.1, -0.05) is 12.1 Å². The molecule has 4 unspecified atom stereocenters. The van der Waals surface area contributed by atoms with Crippen molar-refractivity contribution >= 4 is 23.7 Å². The third-order valence-corrected chi connectivity index (χ3v) is 5.75. The number of aromatic hydroxyl groups is 1. The van der Waals surface area contributed by atoms with Gasteiger partial charge in [-0.15, -0.1) is 0 Å². The molecule has 4 atom stereocenters. The fourth-order valence-electron chi connectivity index (χ4n) is 3.63. The number of phenols is 1. The fourth-order valence-corrected chi connectivity index (χ4v) is 3.63. The third kappa shape index (κ3) is 8.65. The monoisotopic (exact) mass is 542 g/mol. The predicted octanol–water partition coefficient (Wildman–Crippen LogP) is -2.28. The van der Waals surface area contributed by atoms with Crippen LogP contribution >= 0.6 is 0 Å². The molecular weight excluding hydrogens is 512 g/mol. The molecule has 0 saturated carbocycles. The molecule has 0 spiro atoms. The van der Waals surface area contributed by atoms with E-state index in [1.165, 1.54) is 37.2 Å². The number of H-pyrrole nitrogens is 2. The van der Waals surface area contributed by atoms with Gasteiger partial charge in [-0.2, -0.15) is 0 Å². The van der Waals surface area contributed by atoms with Gasteiger partial charge in [0, 0.05) is 43.0 Å². The van der Waals surface area contributed by atoms with Gasteiger partial charge in [-0.25, -0.2) is 14.8 Å². The molecule has 15 nitrogen and oxygen atoms in total. The quantitative estimate of drug-likeness (QED) is 0.106. The van der Waals surface area contributed by atoms with Crippen LogP contribution in [0.1, 0.15) is 17.0 Å². The number of aliphatic hydroxyl groups is 1. The number of carboxylic acids is 1. The van der Waals surface area contributed by atoms with E-state index in [4.69, 9.17) is 5.73 Å². The van der Waals surface area contributed by atoms with Crippen LogP contribution in [0.5, 0.6) is 5.75 Å². The summed E-state index contributed by atoms with van der Waals surface area (Å²) in [5.74, 6) is -3.64. The summed E-state index contributed by atoms with van der Waals surface area (Å²) in [5, 5.41) is 35.9. The zero-order valence-corrected chi connectivity index (χ0v) is 20.7. The Kier molecular flexibility index (Phi) is 10.1. The Hall–Kier alpha value is -4.76. The van der Waals surface area contributed by atoms with Crippen LogP contribution in [0.15, 0.2) is 49.3 Å². The zero-order valence-electron chi connectivity index (χ0n) is 20.7. The van der Waals surface area contributed by atoms with Gasteiger partial charge in [0.15, 0.2) is 0 Å². The summed E-state index contributed by atoms with van der Waals surface area (Å²) >= 11 is 0. The fraction of sp³-hybridized carbons (Fsp3) is 0.333. The van der Waals surface area contributed by atoms with Crippen LogP contribution in [-0.4, -0.2) is 89.7 Å². The Balaban J connectivity index is 1.82. The molecule has 0 fully saturated rings. The number of aliphatic carboxylic acids is 1. The molecule has 0 bridgehead atoms. The van der Waals surface area contributed by atoms with E-state index in [9.17, 15) is 34.5 Å². The molecule has 15 heteroatoms. The smallest absolute Gasteiger partial charge is 0.326 e. The number of carboxylic acid groups (broad SMARTS) is 1. The lowest BCUT2D eigenvalue weighted by Gasteiger charge is -2.25. The van der Waals surface area contributed by atoms with Gasteiger partial charge < -0.3 is 47.0 Å². The summed E-state index contributed by atoms with van der Waals surface area (Å²) in [6.07, 6.45) is 5.46. The summed E-state index contributed by atoms with van der Waals surface area (Å²) in [6, 6.07) is 0.807. The number of benzene rings is 1. The highest BCUT2D eigenvalue weighted by molar-refractivity contribution is 5.94. The van der Waals surface area contributed by atoms with Crippen molar-refractivity contribution in [3.05, 3.63) is 66.3 Å². The summed E-state index contributed by atoms with van der Waals surface area (Å²) < 4.78 is 0. The summed E-state index contributed by atoms with van der Waals surface area (Å²) in [5.41, 5.74) is 7.11. The van der Waals surface area contributed by atoms with E-state index in [2.05, 4.69) is 35.9 Å². The van der Waals surface area contributed by atoms with Crippen LogP contribution in [0.25, 0.3) is 0 Å². The van der Waals surface area contributed by atoms with Gasteiger partial charge in [0.05, 0.1) is 19.3 Å². The Bertz CT molecular complexity index is 1230. The second-order valence-electron chi connectivity index (χ2n) is 8.74. The molecule has 0 aliphatic carbocycles. The first-order valence-corrected chi connectivity index (χ1v) is 11.9. The highest BCUT2D eigenvalue weighted by atomic mass is 16.4. The molecular formula is C24H30N8O7. The number of nitrogens with one attached hydrogen (secondary N) is 5. The standard InChI is InChI=1S/C24H30N8O7/c25-17(10-33)21(35)30-19(6-14-8-26-11-28-14)23(37)31-18(5-13-1-3-16(34)4-2-13)22(36)32-20(24(38)39)7-15-9-27-12-29-15/h1-4,8-9,11-12,17-20,33-34H,5-7,10,25H2,(H,26,28)(H,27,29)(H,30,35)(H,31,37)(H,32,36)(H,38,39). The number of aliphatic hydroxyl groups excluding tert-OH is 1. The molecule has 0 radical (unpaired) electrons. The van der Waals surface area contributed by atoms with Gasteiger partial charge in [-0.05, 0) is 17.7 Å². The normalized spacial score (nSPS) is 14.0. The minimum absolute atomic E-state index is 0.00292. The number of carbonyl (C=O) groups excluding carboxylic acids is 3. The number of hydrogen-bond donors (Lipinski definition) is 9. The molecule has 1 aromatic carbocycles. The van der Waals surface area contributed by atoms with Crippen molar-refractivity contribution in [3.8, 4) is 5.75 Å². The van der Waals surface area contributed by atoms with Crippen molar-refractivity contribution in [2.75, 3.05) is 6.61 Å². The highest BCUT2D eigenvalue weighted by Crippen LogP contribution is 2.12. The molecule has 39 heavy (non-hydrogen) atoms. The SMILES string of the molecule is NC(CO)C(=O)NC(Cc1cnc[nH]1)C(=O)NC(Cc1ccc(O)cc1)C(=O)NC(Cc1cnc[nH]1)C(=O)O. The summed E-state index contributed by atoms with van der Waals surface area (Å²) in [4.78, 5) is 64.1. The molecule has 208 valence electrons. The van der Waals surface area contributed by atoms with E-state index in [1.807, 2.05) is 0 Å². The lowest BCUT2D eigenvalue weighted by molar-refractivity contribution is -0.142. The van der Waals surface area contributed by atoms with Crippen LogP contribution < -0.4 is 21.7 Å². The van der Waals surface area contributed by atoms with Crippen LogP contribution in [0.2, 0.25) is 0 Å². The lowest BCUT2D eigenvalue weighted by Crippen LogP contribution is -2.58. The van der Waals surface area contributed by atoms with Crippen molar-refractivity contribution < 1.29 is 34.5 Å². The lowest BCUT2D eigenvalue weighted by atomic mass is 10.0. The maximum atomic E-state index is 13.3. The highest BCUT2D eigenvalue weighted by Gasteiger charge is 2.31. The van der Waals surface area contributed by atoms with Crippen LogP contribution in [0.3, 0.4) is 0 Å². The van der Waals surface area contributed by atoms with Crippen molar-refractivity contribution in [3.63, 3.8) is 0 Å². The molecule has 0 aliphatic rings. The molecule has 3 amide bonds. The number of hydrogen-bond acceptors (Lipinski definition) is 9. The van der Waals surface area contributed by atoms with Gasteiger partial charge >= 0.3 is 5.97 Å². The van der Waals surface area contributed by atoms with Crippen molar-refractivity contribution in [1.29, 1.82) is 0 Å². The second kappa shape index (κ2) is 13.7. The number of nitrogens with two attached hydrogens (primary N) is 1. The van der Waals surface area contributed by atoms with E-state index < -0.39 is 54.5 Å². The molecule has 3 rings (SSSR count). The molecule has 2 aromatic heterocycles. The van der Waals surface area contributed by atoms with Gasteiger partial charge in [0.2, 0.25) is 17.7 Å². The Morgan fingerprint density at radius 2 is 1.28 bits per heavy atom. The molecule has 0 saturated heterocycles.